The van der Waals surface area contributed by atoms with Crippen molar-refractivity contribution in [3.8, 4) is 0 Å². The average molecular weight is 121 g/mol. The zero-order chi connectivity index (χ0) is 6.69. The van der Waals surface area contributed by atoms with E-state index in [9.17, 15) is 0 Å². The number of hydrogen-bond acceptors (Lipinski definition) is 4. The Hall–Kier alpha value is 0.0997. The van der Waals surface area contributed by atoms with Crippen molar-refractivity contribution in [2.24, 2.45) is 5.64 Å². The van der Waals surface area contributed by atoms with Gasteiger partial charge in [-0.15, -0.1) is 0 Å². The highest BCUT2D eigenvalue weighted by molar-refractivity contribution is 6.78. The van der Waals surface area contributed by atoms with Crippen LogP contribution in [0.15, 0.2) is 0 Å². The maximum absolute atomic E-state index is 5.61. The third-order valence-corrected chi connectivity index (χ3v) is 1.46. The molecule has 1 saturated heterocycles. The van der Waals surface area contributed by atoms with Crippen molar-refractivity contribution >= 4 is 29.6 Å². The fourth-order valence-corrected chi connectivity index (χ4v) is 0.831. The summed E-state index contributed by atoms with van der Waals surface area (Å²) in [5.74, 6) is 0. The summed E-state index contributed by atoms with van der Waals surface area (Å²) < 4.78 is 2.11. The molecule has 1 fully saturated rings. The Morgan fingerprint density at radius 3 is 2.33 bits per heavy atom. The first kappa shape index (κ1) is 7.21. The van der Waals surface area contributed by atoms with Crippen LogP contribution in [0.4, 0.5) is 0 Å². The van der Waals surface area contributed by atoms with Crippen molar-refractivity contribution in [2.45, 2.75) is 6.82 Å². The molecule has 0 saturated carbocycles. The zero-order valence-corrected chi connectivity index (χ0v) is 5.72. The van der Waals surface area contributed by atoms with Gasteiger partial charge in [-0.1, -0.05) is 6.82 Å². The second-order valence-electron chi connectivity index (χ2n) is 2.32. The Bertz CT molecular complexity index is 80.6. The van der Waals surface area contributed by atoms with Crippen LogP contribution in [0, 0.1) is 0 Å². The van der Waals surface area contributed by atoms with Crippen LogP contribution >= 0.6 is 0 Å². The van der Waals surface area contributed by atoms with Crippen molar-refractivity contribution < 1.29 is 0 Å². The van der Waals surface area contributed by atoms with Crippen molar-refractivity contribution in [2.75, 3.05) is 0 Å². The minimum absolute atomic E-state index is 0.144. The van der Waals surface area contributed by atoms with Gasteiger partial charge in [-0.05, 0) is 0 Å². The molecule has 4 N–H and O–H groups in total. The molecule has 1 aliphatic rings. The van der Waals surface area contributed by atoms with E-state index >= 15 is 0 Å². The molecular weight excluding hydrogens is 111 g/mol. The van der Waals surface area contributed by atoms with Crippen molar-refractivity contribution in [3.05, 3.63) is 0 Å². The van der Waals surface area contributed by atoms with Gasteiger partial charge in [-0.25, -0.2) is 0 Å². The summed E-state index contributed by atoms with van der Waals surface area (Å²) >= 11 is 0. The molecule has 0 radical (unpaired) electrons. The predicted molar refractivity (Wildman–Crippen MR) is 45.4 cm³/mol. The summed E-state index contributed by atoms with van der Waals surface area (Å²) in [4.78, 5) is 0. The van der Waals surface area contributed by atoms with E-state index in [0.717, 1.165) is 22.6 Å². The lowest BCUT2D eigenvalue weighted by Crippen LogP contribution is -2.64. The predicted octanol–water partition coefficient (Wildman–Crippen LogP) is -3.64. The molecule has 8 heteroatoms. The Labute approximate surface area is 57.9 Å². The lowest BCUT2D eigenvalue weighted by molar-refractivity contribution is 0.976. The van der Waals surface area contributed by atoms with Gasteiger partial charge in [0.1, 0.15) is 0 Å². The van der Waals surface area contributed by atoms with Crippen LogP contribution in [0.1, 0.15) is 0 Å². The summed E-state index contributed by atoms with van der Waals surface area (Å²) in [6.07, 6.45) is 0. The van der Waals surface area contributed by atoms with E-state index in [1.807, 2.05) is 6.82 Å². The number of hydrogen-bond donors (Lipinski definition) is 3. The van der Waals surface area contributed by atoms with E-state index in [-0.39, 0.29) is 6.98 Å². The fourth-order valence-electron chi connectivity index (χ4n) is 0.831. The minimum atomic E-state index is 0.144. The quantitative estimate of drug-likeness (QED) is 0.313. The van der Waals surface area contributed by atoms with Crippen LogP contribution in [0.5, 0.6) is 0 Å². The lowest BCUT2D eigenvalue weighted by atomic mass is 9.63. The summed E-state index contributed by atoms with van der Waals surface area (Å²) in [5.41, 5.74) is 5.61. The first-order valence-electron chi connectivity index (χ1n) is 3.22. The highest BCUT2D eigenvalue weighted by Crippen LogP contribution is 1.81. The van der Waals surface area contributed by atoms with Gasteiger partial charge in [0.2, 0.25) is 0 Å². The lowest BCUT2D eigenvalue weighted by Gasteiger charge is -2.27. The molecular formula is CH10B4N4. The molecule has 0 aromatic rings. The molecule has 9 heavy (non-hydrogen) atoms. The van der Waals surface area contributed by atoms with Crippen molar-refractivity contribution in [1.82, 2.24) is 14.9 Å². The van der Waals surface area contributed by atoms with Gasteiger partial charge >= 0.3 is 0 Å². The molecule has 1 rings (SSSR count). The second-order valence-corrected chi connectivity index (χ2v) is 2.32. The molecule has 1 aliphatic heterocycles. The smallest absolute Gasteiger partial charge is 0.281 e. The van der Waals surface area contributed by atoms with E-state index in [0.29, 0.717) is 0 Å². The first-order chi connectivity index (χ1) is 4.30. The fraction of sp³-hybridized carbons (Fsp3) is 1.00. The van der Waals surface area contributed by atoms with Crippen LogP contribution in [-0.2, 0) is 0 Å². The van der Waals surface area contributed by atoms with E-state index in [4.69, 9.17) is 5.64 Å². The number of rotatable bonds is 1. The first-order valence-corrected chi connectivity index (χ1v) is 3.22. The van der Waals surface area contributed by atoms with Gasteiger partial charge in [0.05, 0.1) is 0 Å². The van der Waals surface area contributed by atoms with Gasteiger partial charge in [0, 0.05) is 0 Å². The van der Waals surface area contributed by atoms with Crippen LogP contribution < -0.4 is 15.9 Å². The molecule has 0 amide bonds. The maximum atomic E-state index is 5.61. The van der Waals surface area contributed by atoms with Gasteiger partial charge < -0.3 is 20.6 Å². The second kappa shape index (κ2) is 3.31. The maximum Gasteiger partial charge on any atom is 0.281 e. The molecule has 0 aliphatic carbocycles. The van der Waals surface area contributed by atoms with E-state index in [2.05, 4.69) is 14.9 Å². The monoisotopic (exact) mass is 122 g/mol. The molecule has 46 valence electrons. The Morgan fingerprint density at radius 1 is 1.44 bits per heavy atom. The van der Waals surface area contributed by atoms with Gasteiger partial charge in [-0.2, -0.15) is 0 Å². The van der Waals surface area contributed by atoms with E-state index < -0.39 is 0 Å². The van der Waals surface area contributed by atoms with Gasteiger partial charge in [-0.3, -0.25) is 0 Å². The minimum Gasteiger partial charge on any atom is -0.393 e. The summed E-state index contributed by atoms with van der Waals surface area (Å²) in [7, 11) is 2.68. The number of nitrogens with two attached hydrogens (primary N) is 1. The third kappa shape index (κ3) is 2.06. The highest BCUT2D eigenvalue weighted by atomic mass is 15.1. The number of nitrogens with one attached hydrogen (secondary N) is 2. The van der Waals surface area contributed by atoms with Crippen LogP contribution in [0.25, 0.3) is 0 Å². The SMILES string of the molecule is CB(N)N1BNBNB1. The average Bonchev–Trinajstić information content (AvgIpc) is 1.90. The van der Waals surface area contributed by atoms with Crippen molar-refractivity contribution in [1.29, 1.82) is 0 Å². The molecule has 0 atom stereocenters. The summed E-state index contributed by atoms with van der Waals surface area (Å²) in [6.45, 7) is 2.12. The Morgan fingerprint density at radius 2 is 2.00 bits per heavy atom. The van der Waals surface area contributed by atoms with E-state index in [1.54, 1.807) is 0 Å². The molecule has 0 unspecified atom stereocenters. The summed E-state index contributed by atoms with van der Waals surface area (Å²) in [6, 6.07) is 0. The van der Waals surface area contributed by atoms with Crippen LogP contribution in [-0.4, -0.2) is 34.3 Å². The number of nitrogens with zero attached hydrogens (tertiary/aromatic N) is 1. The molecule has 0 aromatic heterocycles. The largest absolute Gasteiger partial charge is 0.393 e. The third-order valence-electron chi connectivity index (χ3n) is 1.46. The Balaban J connectivity index is 2.23. The van der Waals surface area contributed by atoms with Crippen molar-refractivity contribution in [3.63, 3.8) is 0 Å². The molecule has 0 bridgehead atoms. The summed E-state index contributed by atoms with van der Waals surface area (Å²) in [5, 5.41) is 6.30. The van der Waals surface area contributed by atoms with Gasteiger partial charge in [0.15, 0.2) is 0 Å². The molecule has 0 spiro atoms. The Kier molecular flexibility index (Phi) is 2.65. The topological polar surface area (TPSA) is 53.3 Å². The normalized spacial score (nSPS) is 19.3. The molecule has 1 heterocycles. The highest BCUT2D eigenvalue weighted by Gasteiger charge is 2.18. The molecule has 4 nitrogen and oxygen atoms in total. The van der Waals surface area contributed by atoms with E-state index in [1.165, 1.54) is 0 Å². The standard InChI is InChI=1S/CH10B4N4/c1-5(6)9-3-7-2-8-4-9/h2-4,7-8H,6H2,1H3. The zero-order valence-electron chi connectivity index (χ0n) is 5.72. The van der Waals surface area contributed by atoms with Gasteiger partial charge in [0.25, 0.3) is 29.6 Å². The van der Waals surface area contributed by atoms with Crippen LogP contribution in [0.2, 0.25) is 6.82 Å². The molecule has 0 aromatic carbocycles. The van der Waals surface area contributed by atoms with Crippen LogP contribution in [0.3, 0.4) is 0 Å².